The van der Waals surface area contributed by atoms with Gasteiger partial charge < -0.3 is 15.5 Å². The number of halogens is 1. The van der Waals surface area contributed by atoms with E-state index in [2.05, 4.69) is 76.9 Å². The summed E-state index contributed by atoms with van der Waals surface area (Å²) in [5, 5.41) is 12.0. The van der Waals surface area contributed by atoms with Crippen molar-refractivity contribution in [2.75, 3.05) is 58.2 Å². The lowest BCUT2D eigenvalue weighted by Crippen LogP contribution is -2.52. The Morgan fingerprint density at radius 1 is 1.09 bits per heavy atom. The maximum absolute atomic E-state index is 4.47. The number of nitrogens with one attached hydrogen (secondary N) is 2. The Morgan fingerprint density at radius 2 is 1.88 bits per heavy atom. The van der Waals surface area contributed by atoms with Crippen molar-refractivity contribution in [1.29, 1.82) is 0 Å². The summed E-state index contributed by atoms with van der Waals surface area (Å²) in [6.07, 6.45) is 7.79. The molecule has 2 N–H and O–H groups in total. The van der Waals surface area contributed by atoms with E-state index >= 15 is 0 Å². The minimum absolute atomic E-state index is 0. The molecule has 0 radical (unpaired) electrons. The Morgan fingerprint density at radius 3 is 2.64 bits per heavy atom. The molecule has 1 fully saturated rings. The number of hydrogen-bond acceptors (Lipinski definition) is 6. The maximum Gasteiger partial charge on any atom is 0.193 e. The summed E-state index contributed by atoms with van der Waals surface area (Å²) >= 11 is 0. The molecule has 176 valence electrons. The number of aliphatic imine (C=N–C) groups is 1. The molecule has 9 nitrogen and oxygen atoms in total. The van der Waals surface area contributed by atoms with Gasteiger partial charge in [0.25, 0.3) is 0 Å². The molecule has 3 aromatic rings. The smallest absolute Gasteiger partial charge is 0.193 e. The molecule has 0 saturated carbocycles. The highest BCUT2D eigenvalue weighted by Crippen LogP contribution is 2.17. The SMILES string of the molecule is CN=C(NCCNc1ncnc2c1cnn2C)N1CCN(C/C=C/c2ccccc2)CC1.I. The van der Waals surface area contributed by atoms with Crippen molar-refractivity contribution in [2.45, 2.75) is 0 Å². The lowest BCUT2D eigenvalue weighted by Gasteiger charge is -2.36. The summed E-state index contributed by atoms with van der Waals surface area (Å²) in [7, 11) is 3.72. The van der Waals surface area contributed by atoms with Gasteiger partial charge in [0.05, 0.1) is 11.6 Å². The molecule has 2 aromatic heterocycles. The number of aryl methyl sites for hydroxylation is 1. The molecule has 1 aromatic carbocycles. The van der Waals surface area contributed by atoms with E-state index in [-0.39, 0.29) is 24.0 Å². The molecule has 0 unspecified atom stereocenters. The van der Waals surface area contributed by atoms with Crippen LogP contribution in [0, 0.1) is 0 Å². The molecule has 1 aliphatic rings. The van der Waals surface area contributed by atoms with Crippen molar-refractivity contribution in [3.05, 3.63) is 54.5 Å². The Hall–Kier alpha value is -2.73. The quantitative estimate of drug-likeness (QED) is 0.198. The third-order valence-corrected chi connectivity index (χ3v) is 5.59. The first-order valence-corrected chi connectivity index (χ1v) is 11.0. The summed E-state index contributed by atoms with van der Waals surface area (Å²) in [6.45, 7) is 6.43. The van der Waals surface area contributed by atoms with Gasteiger partial charge in [-0.2, -0.15) is 5.10 Å². The van der Waals surface area contributed by atoms with Gasteiger partial charge in [-0.05, 0) is 5.56 Å². The number of rotatable bonds is 7. The number of fused-ring (bicyclic) bond motifs is 1. The predicted molar refractivity (Wildman–Crippen MR) is 145 cm³/mol. The van der Waals surface area contributed by atoms with Gasteiger partial charge in [-0.3, -0.25) is 14.6 Å². The third kappa shape index (κ3) is 6.64. The highest BCUT2D eigenvalue weighted by molar-refractivity contribution is 14.0. The summed E-state index contributed by atoms with van der Waals surface area (Å²) in [5.74, 6) is 1.75. The zero-order valence-corrected chi connectivity index (χ0v) is 21.5. The lowest BCUT2D eigenvalue weighted by atomic mass is 10.2. The van der Waals surface area contributed by atoms with E-state index in [4.69, 9.17) is 0 Å². The molecule has 0 aliphatic carbocycles. The average molecular weight is 561 g/mol. The monoisotopic (exact) mass is 561 g/mol. The number of aromatic nitrogens is 4. The number of benzene rings is 1. The highest BCUT2D eigenvalue weighted by Gasteiger charge is 2.18. The number of hydrogen-bond donors (Lipinski definition) is 2. The number of piperazine rings is 1. The zero-order chi connectivity index (χ0) is 22.2. The topological polar surface area (TPSA) is 86.5 Å². The van der Waals surface area contributed by atoms with Crippen LogP contribution in [0.3, 0.4) is 0 Å². The minimum Gasteiger partial charge on any atom is -0.368 e. The molecule has 1 aliphatic heterocycles. The van der Waals surface area contributed by atoms with E-state index < -0.39 is 0 Å². The van der Waals surface area contributed by atoms with Crippen LogP contribution in [-0.2, 0) is 7.05 Å². The molecule has 0 bridgehead atoms. The normalized spacial score (nSPS) is 15.1. The summed E-state index contributed by atoms with van der Waals surface area (Å²) in [6, 6.07) is 10.4. The third-order valence-electron chi connectivity index (χ3n) is 5.59. The minimum atomic E-state index is 0. The lowest BCUT2D eigenvalue weighted by molar-refractivity contribution is 0.194. The molecule has 0 amide bonds. The first-order chi connectivity index (χ1) is 15.7. The van der Waals surface area contributed by atoms with Crippen LogP contribution in [0.5, 0.6) is 0 Å². The zero-order valence-electron chi connectivity index (χ0n) is 19.2. The van der Waals surface area contributed by atoms with E-state index in [9.17, 15) is 0 Å². The van der Waals surface area contributed by atoms with E-state index in [1.165, 1.54) is 5.56 Å². The Kier molecular flexibility index (Phi) is 9.43. The van der Waals surface area contributed by atoms with Gasteiger partial charge in [0.15, 0.2) is 11.6 Å². The summed E-state index contributed by atoms with van der Waals surface area (Å²) < 4.78 is 1.75. The predicted octanol–water partition coefficient (Wildman–Crippen LogP) is 2.30. The van der Waals surface area contributed by atoms with E-state index in [1.54, 1.807) is 17.2 Å². The summed E-state index contributed by atoms with van der Waals surface area (Å²) in [5.41, 5.74) is 2.07. The van der Waals surface area contributed by atoms with Gasteiger partial charge in [0.2, 0.25) is 0 Å². The fourth-order valence-electron chi connectivity index (χ4n) is 3.83. The Labute approximate surface area is 212 Å². The van der Waals surface area contributed by atoms with Gasteiger partial charge in [-0.1, -0.05) is 42.5 Å². The second-order valence-electron chi connectivity index (χ2n) is 7.73. The fraction of sp³-hybridized carbons (Fsp3) is 0.391. The van der Waals surface area contributed by atoms with Crippen LogP contribution in [0.25, 0.3) is 17.1 Å². The largest absolute Gasteiger partial charge is 0.368 e. The van der Waals surface area contributed by atoms with Crippen LogP contribution in [0.1, 0.15) is 5.56 Å². The van der Waals surface area contributed by atoms with Crippen LogP contribution >= 0.6 is 24.0 Å². The van der Waals surface area contributed by atoms with Crippen molar-refractivity contribution in [2.24, 2.45) is 12.0 Å². The molecule has 4 rings (SSSR count). The van der Waals surface area contributed by atoms with E-state index in [1.807, 2.05) is 20.2 Å². The number of anilines is 1. The molecular weight excluding hydrogens is 529 g/mol. The van der Waals surface area contributed by atoms with Gasteiger partial charge in [0, 0.05) is 59.9 Å². The van der Waals surface area contributed by atoms with Gasteiger partial charge in [0.1, 0.15) is 12.1 Å². The van der Waals surface area contributed by atoms with Crippen molar-refractivity contribution in [3.63, 3.8) is 0 Å². The maximum atomic E-state index is 4.47. The average Bonchev–Trinajstić information content (AvgIpc) is 3.22. The van der Waals surface area contributed by atoms with Gasteiger partial charge in [-0.25, -0.2) is 9.97 Å². The van der Waals surface area contributed by atoms with E-state index in [0.717, 1.165) is 68.6 Å². The van der Waals surface area contributed by atoms with Gasteiger partial charge in [-0.15, -0.1) is 24.0 Å². The van der Waals surface area contributed by atoms with Crippen molar-refractivity contribution in [1.82, 2.24) is 34.9 Å². The highest BCUT2D eigenvalue weighted by atomic mass is 127. The van der Waals surface area contributed by atoms with Gasteiger partial charge >= 0.3 is 0 Å². The van der Waals surface area contributed by atoms with Crippen molar-refractivity contribution >= 4 is 52.9 Å². The van der Waals surface area contributed by atoms with Crippen molar-refractivity contribution in [3.8, 4) is 0 Å². The summed E-state index contributed by atoms with van der Waals surface area (Å²) in [4.78, 5) is 17.9. The van der Waals surface area contributed by atoms with Crippen LogP contribution in [-0.4, -0.2) is 88.4 Å². The number of nitrogens with zero attached hydrogens (tertiary/aromatic N) is 7. The molecule has 0 spiro atoms. The molecule has 33 heavy (non-hydrogen) atoms. The Bertz CT molecular complexity index is 1060. The Balaban J connectivity index is 0.00000306. The first-order valence-electron chi connectivity index (χ1n) is 11.0. The fourth-order valence-corrected chi connectivity index (χ4v) is 3.83. The van der Waals surface area contributed by atoms with Crippen LogP contribution < -0.4 is 10.6 Å². The van der Waals surface area contributed by atoms with Crippen LogP contribution in [0.2, 0.25) is 0 Å². The second kappa shape index (κ2) is 12.5. The van der Waals surface area contributed by atoms with Crippen LogP contribution in [0.15, 0.2) is 53.9 Å². The molecular formula is C23H32IN9. The van der Waals surface area contributed by atoms with Crippen LogP contribution in [0.4, 0.5) is 5.82 Å². The molecule has 1 saturated heterocycles. The van der Waals surface area contributed by atoms with E-state index in [0.29, 0.717) is 0 Å². The number of guanidine groups is 1. The van der Waals surface area contributed by atoms with Crippen molar-refractivity contribution < 1.29 is 0 Å². The second-order valence-corrected chi connectivity index (χ2v) is 7.73. The first kappa shape index (κ1) is 24.9. The molecule has 10 heteroatoms. The standard InChI is InChI=1S/C23H31N9.HI/c1-24-23(26-11-10-25-21-20-17-29-30(2)22(20)28-18-27-21)32-15-13-31(14-16-32)12-6-9-19-7-4-3-5-8-19;/h3-9,17-18H,10-16H2,1-2H3,(H,24,26)(H,25,27,28);1H/b9-6+;. The molecule has 0 atom stereocenters. The molecule has 3 heterocycles.